The zero-order chi connectivity index (χ0) is 22.3. The van der Waals surface area contributed by atoms with Gasteiger partial charge in [-0.3, -0.25) is 9.59 Å². The van der Waals surface area contributed by atoms with Crippen LogP contribution in [0.4, 0.5) is 0 Å². The van der Waals surface area contributed by atoms with Crippen LogP contribution in [-0.4, -0.2) is 35.4 Å². The standard InChI is InChI=1S/C25H34N2O3/c1-7-20(5)26-25(29)21(6)27(15-22-11-8-17(2)9-12-22)24(28)16-30-23-13-10-18(3)14-19(23)4/h8-14,20-21H,7,15-16H2,1-6H3,(H,26,29). The van der Waals surface area contributed by atoms with E-state index in [9.17, 15) is 9.59 Å². The Morgan fingerprint density at radius 2 is 1.63 bits per heavy atom. The maximum atomic E-state index is 13.1. The second-order valence-electron chi connectivity index (χ2n) is 8.06. The Morgan fingerprint density at radius 1 is 1.00 bits per heavy atom. The zero-order valence-electron chi connectivity index (χ0n) is 19.0. The molecule has 5 heteroatoms. The van der Waals surface area contributed by atoms with Crippen LogP contribution >= 0.6 is 0 Å². The third-order valence-corrected chi connectivity index (χ3v) is 5.32. The second-order valence-corrected chi connectivity index (χ2v) is 8.06. The van der Waals surface area contributed by atoms with Crippen molar-refractivity contribution in [2.24, 2.45) is 0 Å². The molecule has 5 nitrogen and oxygen atoms in total. The number of ether oxygens (including phenoxy) is 1. The molecule has 0 aromatic heterocycles. The van der Waals surface area contributed by atoms with E-state index < -0.39 is 6.04 Å². The highest BCUT2D eigenvalue weighted by Gasteiger charge is 2.27. The first kappa shape index (κ1) is 23.5. The van der Waals surface area contributed by atoms with Gasteiger partial charge in [0.25, 0.3) is 5.91 Å². The minimum absolute atomic E-state index is 0.0581. The number of amides is 2. The molecule has 0 spiro atoms. The molecule has 2 aromatic carbocycles. The average molecular weight is 411 g/mol. The molecular weight excluding hydrogens is 376 g/mol. The Labute approximate surface area is 180 Å². The number of hydrogen-bond donors (Lipinski definition) is 1. The van der Waals surface area contributed by atoms with Crippen molar-refractivity contribution in [3.05, 3.63) is 64.7 Å². The third-order valence-electron chi connectivity index (χ3n) is 5.32. The highest BCUT2D eigenvalue weighted by Crippen LogP contribution is 2.19. The van der Waals surface area contributed by atoms with Crippen LogP contribution in [-0.2, 0) is 16.1 Å². The fourth-order valence-electron chi connectivity index (χ4n) is 3.12. The first-order valence-electron chi connectivity index (χ1n) is 10.6. The van der Waals surface area contributed by atoms with Crippen LogP contribution in [0.2, 0.25) is 0 Å². The van der Waals surface area contributed by atoms with E-state index in [1.165, 1.54) is 0 Å². The van der Waals surface area contributed by atoms with Crippen LogP contribution in [0.25, 0.3) is 0 Å². The molecule has 2 rings (SSSR count). The summed E-state index contributed by atoms with van der Waals surface area (Å²) in [6.07, 6.45) is 0.834. The number of carbonyl (C=O) groups is 2. The number of nitrogens with zero attached hydrogens (tertiary/aromatic N) is 1. The van der Waals surface area contributed by atoms with Crippen molar-refractivity contribution in [3.8, 4) is 5.75 Å². The Balaban J connectivity index is 2.16. The highest BCUT2D eigenvalue weighted by atomic mass is 16.5. The van der Waals surface area contributed by atoms with Crippen LogP contribution in [0.15, 0.2) is 42.5 Å². The summed E-state index contributed by atoms with van der Waals surface area (Å²) in [5.41, 5.74) is 4.25. The zero-order valence-corrected chi connectivity index (χ0v) is 19.0. The quantitative estimate of drug-likeness (QED) is 0.670. The summed E-state index contributed by atoms with van der Waals surface area (Å²) in [7, 11) is 0. The predicted octanol–water partition coefficient (Wildman–Crippen LogP) is 4.32. The summed E-state index contributed by atoms with van der Waals surface area (Å²) in [4.78, 5) is 27.4. The monoisotopic (exact) mass is 410 g/mol. The largest absolute Gasteiger partial charge is 0.483 e. The molecule has 2 atom stereocenters. The molecule has 2 unspecified atom stereocenters. The van der Waals surface area contributed by atoms with Crippen LogP contribution in [0.1, 0.15) is 49.4 Å². The van der Waals surface area contributed by atoms with E-state index >= 15 is 0 Å². The predicted molar refractivity (Wildman–Crippen MR) is 120 cm³/mol. The summed E-state index contributed by atoms with van der Waals surface area (Å²) >= 11 is 0. The molecule has 0 fully saturated rings. The number of rotatable bonds is 9. The lowest BCUT2D eigenvalue weighted by Gasteiger charge is -2.29. The van der Waals surface area contributed by atoms with Crippen molar-refractivity contribution in [1.82, 2.24) is 10.2 Å². The highest BCUT2D eigenvalue weighted by molar-refractivity contribution is 5.88. The van der Waals surface area contributed by atoms with Gasteiger partial charge in [-0.25, -0.2) is 0 Å². The number of nitrogens with one attached hydrogen (secondary N) is 1. The number of carbonyl (C=O) groups excluding carboxylic acids is 2. The van der Waals surface area contributed by atoms with Crippen molar-refractivity contribution in [1.29, 1.82) is 0 Å². The molecule has 162 valence electrons. The molecule has 0 heterocycles. The van der Waals surface area contributed by atoms with E-state index in [1.807, 2.05) is 77.1 Å². The lowest BCUT2D eigenvalue weighted by Crippen LogP contribution is -2.50. The SMILES string of the molecule is CCC(C)NC(=O)C(C)N(Cc1ccc(C)cc1)C(=O)COc1ccc(C)cc1C. The van der Waals surface area contributed by atoms with Gasteiger partial charge in [0.2, 0.25) is 5.91 Å². The van der Waals surface area contributed by atoms with E-state index in [4.69, 9.17) is 4.74 Å². The molecule has 0 saturated carbocycles. The van der Waals surface area contributed by atoms with E-state index in [0.29, 0.717) is 12.3 Å². The fourth-order valence-corrected chi connectivity index (χ4v) is 3.12. The Kier molecular flexibility index (Phi) is 8.46. The van der Waals surface area contributed by atoms with Crippen molar-refractivity contribution in [2.45, 2.75) is 66.6 Å². The van der Waals surface area contributed by atoms with E-state index in [-0.39, 0.29) is 24.5 Å². The van der Waals surface area contributed by atoms with Gasteiger partial charge in [0.15, 0.2) is 6.61 Å². The second kappa shape index (κ2) is 10.8. The van der Waals surface area contributed by atoms with Gasteiger partial charge < -0.3 is 15.0 Å². The van der Waals surface area contributed by atoms with E-state index in [0.717, 1.165) is 28.7 Å². The molecule has 1 N–H and O–H groups in total. The van der Waals surface area contributed by atoms with Crippen LogP contribution in [0.5, 0.6) is 5.75 Å². The maximum Gasteiger partial charge on any atom is 0.261 e. The first-order valence-corrected chi connectivity index (χ1v) is 10.6. The molecule has 0 aliphatic carbocycles. The molecule has 0 saturated heterocycles. The van der Waals surface area contributed by atoms with Gasteiger partial charge in [0, 0.05) is 12.6 Å². The molecule has 0 aliphatic heterocycles. The van der Waals surface area contributed by atoms with Gasteiger partial charge in [0.05, 0.1) is 0 Å². The summed E-state index contributed by atoms with van der Waals surface area (Å²) in [6, 6.07) is 13.3. The van der Waals surface area contributed by atoms with Crippen molar-refractivity contribution >= 4 is 11.8 Å². The van der Waals surface area contributed by atoms with Crippen molar-refractivity contribution in [3.63, 3.8) is 0 Å². The Hall–Kier alpha value is -2.82. The molecule has 2 aromatic rings. The van der Waals surface area contributed by atoms with E-state index in [2.05, 4.69) is 5.32 Å². The smallest absolute Gasteiger partial charge is 0.261 e. The summed E-state index contributed by atoms with van der Waals surface area (Å²) in [6.45, 7) is 12.0. The number of hydrogen-bond acceptors (Lipinski definition) is 3. The molecule has 0 radical (unpaired) electrons. The van der Waals surface area contributed by atoms with Crippen LogP contribution in [0, 0.1) is 20.8 Å². The molecule has 2 amide bonds. The summed E-state index contributed by atoms with van der Waals surface area (Å²) < 4.78 is 5.80. The van der Waals surface area contributed by atoms with Gasteiger partial charge >= 0.3 is 0 Å². The Morgan fingerprint density at radius 3 is 2.23 bits per heavy atom. The van der Waals surface area contributed by atoms with Gasteiger partial charge in [-0.1, -0.05) is 54.4 Å². The Bertz CT molecular complexity index is 861. The van der Waals surface area contributed by atoms with Crippen molar-refractivity contribution in [2.75, 3.05) is 6.61 Å². The summed E-state index contributed by atoms with van der Waals surface area (Å²) in [5.74, 6) is 0.305. The normalized spacial score (nSPS) is 12.7. The van der Waals surface area contributed by atoms with Crippen LogP contribution < -0.4 is 10.1 Å². The number of aryl methyl sites for hydroxylation is 3. The summed E-state index contributed by atoms with van der Waals surface area (Å²) in [5, 5.41) is 2.98. The molecular formula is C25H34N2O3. The van der Waals surface area contributed by atoms with Gasteiger partial charge in [-0.2, -0.15) is 0 Å². The van der Waals surface area contributed by atoms with E-state index in [1.54, 1.807) is 11.8 Å². The maximum absolute atomic E-state index is 13.1. The molecule has 0 bridgehead atoms. The topological polar surface area (TPSA) is 58.6 Å². The number of benzene rings is 2. The first-order chi connectivity index (χ1) is 14.2. The van der Waals surface area contributed by atoms with Crippen LogP contribution in [0.3, 0.4) is 0 Å². The van der Waals surface area contributed by atoms with Crippen molar-refractivity contribution < 1.29 is 14.3 Å². The van der Waals surface area contributed by atoms with Gasteiger partial charge in [-0.15, -0.1) is 0 Å². The van der Waals surface area contributed by atoms with Gasteiger partial charge in [-0.05, 0) is 58.2 Å². The minimum atomic E-state index is -0.601. The average Bonchev–Trinajstić information content (AvgIpc) is 2.71. The lowest BCUT2D eigenvalue weighted by atomic mass is 10.1. The molecule has 0 aliphatic rings. The third kappa shape index (κ3) is 6.61. The molecule has 30 heavy (non-hydrogen) atoms. The lowest BCUT2D eigenvalue weighted by molar-refractivity contribution is -0.142. The van der Waals surface area contributed by atoms with Gasteiger partial charge in [0.1, 0.15) is 11.8 Å². The fraction of sp³-hybridized carbons (Fsp3) is 0.440. The minimum Gasteiger partial charge on any atom is -0.483 e.